The van der Waals surface area contributed by atoms with Crippen molar-refractivity contribution in [2.75, 3.05) is 6.54 Å². The van der Waals surface area contributed by atoms with E-state index < -0.39 is 6.04 Å². The third kappa shape index (κ3) is 6.82. The minimum absolute atomic E-state index is 0.174. The van der Waals surface area contributed by atoms with Crippen LogP contribution in [0, 0.1) is 0 Å². The van der Waals surface area contributed by atoms with Gasteiger partial charge < -0.3 is 10.6 Å². The van der Waals surface area contributed by atoms with Crippen molar-refractivity contribution >= 4 is 11.8 Å². The van der Waals surface area contributed by atoms with Crippen molar-refractivity contribution in [2.45, 2.75) is 38.6 Å². The van der Waals surface area contributed by atoms with Gasteiger partial charge in [0, 0.05) is 18.5 Å². The van der Waals surface area contributed by atoms with Crippen molar-refractivity contribution in [3.63, 3.8) is 0 Å². The van der Waals surface area contributed by atoms with Gasteiger partial charge in [0.1, 0.15) is 6.04 Å². The van der Waals surface area contributed by atoms with E-state index in [1.165, 1.54) is 11.1 Å². The Kier molecular flexibility index (Phi) is 7.99. The molecule has 0 heterocycles. The van der Waals surface area contributed by atoms with Gasteiger partial charge in [-0.05, 0) is 41.2 Å². The maximum atomic E-state index is 12.9. The Morgan fingerprint density at radius 3 is 2.00 bits per heavy atom. The first-order chi connectivity index (χ1) is 15.0. The van der Waals surface area contributed by atoms with Gasteiger partial charge in [-0.2, -0.15) is 0 Å². The van der Waals surface area contributed by atoms with Crippen LogP contribution in [-0.2, 0) is 17.6 Å². The summed E-state index contributed by atoms with van der Waals surface area (Å²) in [5, 5.41) is 5.89. The zero-order chi connectivity index (χ0) is 22.1. The van der Waals surface area contributed by atoms with E-state index in [4.69, 9.17) is 0 Å². The van der Waals surface area contributed by atoms with E-state index in [9.17, 15) is 9.59 Å². The van der Waals surface area contributed by atoms with Crippen molar-refractivity contribution in [1.82, 2.24) is 10.6 Å². The Hall–Kier alpha value is -3.40. The predicted octanol–water partition coefficient (Wildman–Crippen LogP) is 4.51. The molecule has 31 heavy (non-hydrogen) atoms. The Bertz CT molecular complexity index is 967. The Labute approximate surface area is 184 Å². The van der Waals surface area contributed by atoms with Gasteiger partial charge in [-0.25, -0.2) is 0 Å². The van der Waals surface area contributed by atoms with Crippen LogP contribution in [0.3, 0.4) is 0 Å². The van der Waals surface area contributed by atoms with Gasteiger partial charge in [0.2, 0.25) is 5.91 Å². The number of hydrogen-bond acceptors (Lipinski definition) is 2. The fraction of sp³-hybridized carbons (Fsp3) is 0.259. The van der Waals surface area contributed by atoms with Gasteiger partial charge >= 0.3 is 0 Å². The minimum atomic E-state index is -0.640. The molecular formula is C27H30N2O2. The second kappa shape index (κ2) is 11.1. The first-order valence-electron chi connectivity index (χ1n) is 10.8. The molecule has 0 saturated heterocycles. The lowest BCUT2D eigenvalue weighted by Crippen LogP contribution is -2.48. The molecule has 2 amide bonds. The predicted molar refractivity (Wildman–Crippen MR) is 125 cm³/mol. The van der Waals surface area contributed by atoms with E-state index in [0.717, 1.165) is 12.0 Å². The third-order valence-electron chi connectivity index (χ3n) is 5.30. The van der Waals surface area contributed by atoms with E-state index in [-0.39, 0.29) is 11.8 Å². The van der Waals surface area contributed by atoms with Crippen molar-refractivity contribution in [2.24, 2.45) is 0 Å². The van der Waals surface area contributed by atoms with E-state index in [0.29, 0.717) is 24.4 Å². The largest absolute Gasteiger partial charge is 0.354 e. The summed E-state index contributed by atoms with van der Waals surface area (Å²) in [5.74, 6) is 0.0774. The summed E-state index contributed by atoms with van der Waals surface area (Å²) in [6.07, 6.45) is 1.18. The Morgan fingerprint density at radius 2 is 1.39 bits per heavy atom. The van der Waals surface area contributed by atoms with Crippen molar-refractivity contribution in [1.29, 1.82) is 0 Å². The molecule has 160 valence electrons. The summed E-state index contributed by atoms with van der Waals surface area (Å²) in [5.41, 5.74) is 4.02. The summed E-state index contributed by atoms with van der Waals surface area (Å²) in [6, 6.07) is 26.6. The van der Waals surface area contributed by atoms with Gasteiger partial charge in [0.15, 0.2) is 0 Å². The van der Waals surface area contributed by atoms with Gasteiger partial charge in [-0.3, -0.25) is 9.59 Å². The van der Waals surface area contributed by atoms with Gasteiger partial charge in [0.25, 0.3) is 5.91 Å². The minimum Gasteiger partial charge on any atom is -0.354 e. The van der Waals surface area contributed by atoms with Crippen LogP contribution in [0.25, 0.3) is 0 Å². The number of benzene rings is 3. The van der Waals surface area contributed by atoms with Crippen LogP contribution in [0.4, 0.5) is 0 Å². The maximum Gasteiger partial charge on any atom is 0.251 e. The molecule has 0 bridgehead atoms. The molecule has 0 aromatic heterocycles. The Morgan fingerprint density at radius 1 is 0.774 bits per heavy atom. The average Bonchev–Trinajstić information content (AvgIpc) is 2.80. The van der Waals surface area contributed by atoms with Gasteiger partial charge in [-0.1, -0.05) is 86.6 Å². The summed E-state index contributed by atoms with van der Waals surface area (Å²) < 4.78 is 0. The molecule has 0 radical (unpaired) electrons. The summed E-state index contributed by atoms with van der Waals surface area (Å²) >= 11 is 0. The fourth-order valence-electron chi connectivity index (χ4n) is 3.41. The summed E-state index contributed by atoms with van der Waals surface area (Å²) in [7, 11) is 0. The van der Waals surface area contributed by atoms with Crippen LogP contribution in [0.15, 0.2) is 84.9 Å². The first-order valence-corrected chi connectivity index (χ1v) is 10.8. The van der Waals surface area contributed by atoms with Crippen LogP contribution >= 0.6 is 0 Å². The topological polar surface area (TPSA) is 58.2 Å². The molecule has 0 saturated carbocycles. The molecule has 0 unspecified atom stereocenters. The molecule has 4 nitrogen and oxygen atoms in total. The Balaban J connectivity index is 1.61. The monoisotopic (exact) mass is 414 g/mol. The standard InChI is InChI=1S/C27H30N2O2/c1-20(2)23-15-13-21(14-16-23)17-18-28-27(31)25(19-22-9-5-3-6-10-22)29-26(30)24-11-7-4-8-12-24/h3-16,20,25H,17-19H2,1-2H3,(H,28,31)(H,29,30)/t25-/m0/s1. The number of amides is 2. The second-order valence-electron chi connectivity index (χ2n) is 8.02. The third-order valence-corrected chi connectivity index (χ3v) is 5.30. The molecule has 0 aliphatic rings. The van der Waals surface area contributed by atoms with E-state index in [1.54, 1.807) is 12.1 Å². The molecule has 1 atom stereocenters. The number of carbonyl (C=O) groups is 2. The molecule has 0 fully saturated rings. The SMILES string of the molecule is CC(C)c1ccc(CCNC(=O)[C@H](Cc2ccccc2)NC(=O)c2ccccc2)cc1. The highest BCUT2D eigenvalue weighted by Gasteiger charge is 2.21. The first kappa shape index (κ1) is 22.3. The van der Waals surface area contributed by atoms with Crippen LogP contribution in [0.1, 0.15) is 46.8 Å². The number of hydrogen-bond donors (Lipinski definition) is 2. The lowest BCUT2D eigenvalue weighted by Gasteiger charge is -2.19. The summed E-state index contributed by atoms with van der Waals surface area (Å²) in [4.78, 5) is 25.6. The van der Waals surface area contributed by atoms with Crippen LogP contribution < -0.4 is 10.6 Å². The van der Waals surface area contributed by atoms with Crippen LogP contribution in [0.2, 0.25) is 0 Å². The fourth-order valence-corrected chi connectivity index (χ4v) is 3.41. The zero-order valence-corrected chi connectivity index (χ0v) is 18.2. The quantitative estimate of drug-likeness (QED) is 0.541. The second-order valence-corrected chi connectivity index (χ2v) is 8.02. The lowest BCUT2D eigenvalue weighted by atomic mass is 10.0. The molecule has 2 N–H and O–H groups in total. The number of carbonyl (C=O) groups excluding carboxylic acids is 2. The van der Waals surface area contributed by atoms with Crippen LogP contribution in [-0.4, -0.2) is 24.4 Å². The van der Waals surface area contributed by atoms with Gasteiger partial charge in [0.05, 0.1) is 0 Å². The van der Waals surface area contributed by atoms with E-state index in [1.807, 2.05) is 48.5 Å². The van der Waals surface area contributed by atoms with Crippen molar-refractivity contribution < 1.29 is 9.59 Å². The highest BCUT2D eigenvalue weighted by atomic mass is 16.2. The molecule has 3 rings (SSSR count). The normalized spacial score (nSPS) is 11.7. The molecule has 3 aromatic rings. The van der Waals surface area contributed by atoms with Crippen molar-refractivity contribution in [3.8, 4) is 0 Å². The zero-order valence-electron chi connectivity index (χ0n) is 18.2. The number of nitrogens with one attached hydrogen (secondary N) is 2. The number of rotatable bonds is 9. The average molecular weight is 415 g/mol. The smallest absolute Gasteiger partial charge is 0.251 e. The molecule has 3 aromatic carbocycles. The molecular weight excluding hydrogens is 384 g/mol. The molecule has 0 aliphatic carbocycles. The molecule has 0 aliphatic heterocycles. The lowest BCUT2D eigenvalue weighted by molar-refractivity contribution is -0.122. The maximum absolute atomic E-state index is 12.9. The molecule has 0 spiro atoms. The van der Waals surface area contributed by atoms with E-state index in [2.05, 4.69) is 48.7 Å². The van der Waals surface area contributed by atoms with Gasteiger partial charge in [-0.15, -0.1) is 0 Å². The highest BCUT2D eigenvalue weighted by molar-refractivity contribution is 5.97. The van der Waals surface area contributed by atoms with Crippen molar-refractivity contribution in [3.05, 3.63) is 107 Å². The highest BCUT2D eigenvalue weighted by Crippen LogP contribution is 2.14. The van der Waals surface area contributed by atoms with E-state index >= 15 is 0 Å². The molecule has 4 heteroatoms. The summed E-state index contributed by atoms with van der Waals surface area (Å²) in [6.45, 7) is 4.87. The van der Waals surface area contributed by atoms with Crippen LogP contribution in [0.5, 0.6) is 0 Å².